The molecule has 0 aliphatic carbocycles. The van der Waals surface area contributed by atoms with Gasteiger partial charge in [0.15, 0.2) is 0 Å². The van der Waals surface area contributed by atoms with Crippen molar-refractivity contribution in [1.82, 2.24) is 19.6 Å². The van der Waals surface area contributed by atoms with E-state index in [9.17, 15) is 28.8 Å². The van der Waals surface area contributed by atoms with Crippen molar-refractivity contribution in [3.05, 3.63) is 12.2 Å². The highest BCUT2D eigenvalue weighted by molar-refractivity contribution is 8.13. The van der Waals surface area contributed by atoms with E-state index in [1.807, 2.05) is 39.2 Å². The lowest BCUT2D eigenvalue weighted by Gasteiger charge is -2.23. The lowest BCUT2D eigenvalue weighted by Crippen LogP contribution is -2.31. The second kappa shape index (κ2) is 70.2. The van der Waals surface area contributed by atoms with Gasteiger partial charge in [0.2, 0.25) is 0 Å². The Bertz CT molecular complexity index is 1850. The second-order valence-corrected chi connectivity index (χ2v) is 30.9. The number of ether oxygens (including phenoxy) is 4. The summed E-state index contributed by atoms with van der Waals surface area (Å²) in [6, 6.07) is 0. The molecule has 0 rings (SSSR count). The molecule has 16 heteroatoms. The van der Waals surface area contributed by atoms with Gasteiger partial charge in [-0.3, -0.25) is 28.8 Å². The van der Waals surface area contributed by atoms with Crippen LogP contribution in [0.3, 0.4) is 0 Å². The Morgan fingerprint density at radius 2 is 0.619 bits per heavy atom. The molecule has 0 spiro atoms. The van der Waals surface area contributed by atoms with E-state index < -0.39 is 0 Å². The van der Waals surface area contributed by atoms with Crippen molar-refractivity contribution < 1.29 is 47.7 Å². The molecular weight excluding hydrogens is 1250 g/mol. The normalized spacial score (nSPS) is 12.4. The quantitative estimate of drug-likeness (QED) is 0.0246. The van der Waals surface area contributed by atoms with E-state index in [-0.39, 0.29) is 78.5 Å². The van der Waals surface area contributed by atoms with Crippen molar-refractivity contribution in [2.75, 3.05) is 85.6 Å². The summed E-state index contributed by atoms with van der Waals surface area (Å²) in [7, 11) is 8.08. The van der Waals surface area contributed by atoms with Crippen molar-refractivity contribution in [1.29, 1.82) is 0 Å². The first-order valence-electron chi connectivity index (χ1n) is 40.6. The maximum atomic E-state index is 13.6. The van der Waals surface area contributed by atoms with E-state index in [1.54, 1.807) is 4.90 Å². The molecule has 0 fully saturated rings. The highest BCUT2D eigenvalue weighted by atomic mass is 32.2. The maximum Gasteiger partial charge on any atom is 0.306 e. The SMILES string of the molecule is CCCCCCCC(CCCCCCC)OC(=O)CCCN(CCCC(=O)OC(CCCCCCC)CCCCCCCC(C)CCCC/C=C\COC(=O)CCCN(CCCC(=O)OC(CCCCCCC)CCCCCCC)C(=O)SCCN(C)C)C(=O)SCCCN(C)C. The van der Waals surface area contributed by atoms with Gasteiger partial charge in [-0.1, -0.05) is 251 Å². The minimum absolute atomic E-state index is 0.0140. The Balaban J connectivity index is 4.92. The number of esters is 4. The van der Waals surface area contributed by atoms with Crippen LogP contribution in [-0.4, -0.2) is 158 Å². The number of thioether (sulfide) groups is 2. The lowest BCUT2D eigenvalue weighted by atomic mass is 9.96. The molecule has 0 bridgehead atoms. The zero-order chi connectivity index (χ0) is 71.5. The van der Waals surface area contributed by atoms with E-state index in [0.29, 0.717) is 70.0 Å². The highest BCUT2D eigenvalue weighted by Gasteiger charge is 2.22. The Morgan fingerprint density at radius 1 is 0.320 bits per heavy atom. The first kappa shape index (κ1) is 94.2. The van der Waals surface area contributed by atoms with Gasteiger partial charge in [0.1, 0.15) is 24.9 Å². The van der Waals surface area contributed by atoms with Gasteiger partial charge in [0, 0.05) is 69.9 Å². The monoisotopic (exact) mass is 1410 g/mol. The van der Waals surface area contributed by atoms with E-state index in [1.165, 1.54) is 184 Å². The molecule has 97 heavy (non-hydrogen) atoms. The topological polar surface area (TPSA) is 152 Å². The van der Waals surface area contributed by atoms with Gasteiger partial charge in [0.05, 0.1) is 0 Å². The predicted molar refractivity (Wildman–Crippen MR) is 414 cm³/mol. The van der Waals surface area contributed by atoms with Gasteiger partial charge in [-0.2, -0.15) is 0 Å². The number of carbonyl (C=O) groups excluding carboxylic acids is 6. The molecule has 0 aromatic heterocycles. The molecule has 2 amide bonds. The van der Waals surface area contributed by atoms with Crippen LogP contribution in [0, 0.1) is 5.92 Å². The van der Waals surface area contributed by atoms with Crippen molar-refractivity contribution in [2.45, 2.75) is 381 Å². The lowest BCUT2D eigenvalue weighted by molar-refractivity contribution is -0.151. The fourth-order valence-electron chi connectivity index (χ4n) is 12.4. The van der Waals surface area contributed by atoms with E-state index in [0.717, 1.165) is 128 Å². The predicted octanol–water partition coefficient (Wildman–Crippen LogP) is 22.5. The third-order valence-corrected chi connectivity index (χ3v) is 20.5. The van der Waals surface area contributed by atoms with Crippen LogP contribution in [0.25, 0.3) is 0 Å². The fourth-order valence-corrected chi connectivity index (χ4v) is 14.2. The molecule has 570 valence electrons. The molecule has 2 atom stereocenters. The number of nitrogens with zero attached hydrogens (tertiary/aromatic N) is 4. The summed E-state index contributed by atoms with van der Waals surface area (Å²) < 4.78 is 23.9. The molecule has 0 N–H and O–H groups in total. The summed E-state index contributed by atoms with van der Waals surface area (Å²) in [5.74, 6) is 1.35. The Labute approximate surface area is 606 Å². The molecule has 0 aliphatic rings. The number of carbonyl (C=O) groups is 6. The largest absolute Gasteiger partial charge is 0.462 e. The van der Waals surface area contributed by atoms with Crippen LogP contribution >= 0.6 is 23.5 Å². The highest BCUT2D eigenvalue weighted by Crippen LogP contribution is 2.24. The smallest absolute Gasteiger partial charge is 0.306 e. The zero-order valence-corrected chi connectivity index (χ0v) is 66.5. The van der Waals surface area contributed by atoms with Crippen LogP contribution in [0.2, 0.25) is 0 Å². The molecule has 0 aromatic carbocycles. The van der Waals surface area contributed by atoms with Crippen LogP contribution in [0.1, 0.15) is 363 Å². The first-order valence-corrected chi connectivity index (χ1v) is 42.6. The zero-order valence-electron chi connectivity index (χ0n) is 64.9. The maximum absolute atomic E-state index is 13.6. The molecule has 0 saturated carbocycles. The molecule has 0 heterocycles. The average molecular weight is 1410 g/mol. The summed E-state index contributed by atoms with van der Waals surface area (Å²) in [5, 5.41) is 0.00443. The third kappa shape index (κ3) is 63.8. The van der Waals surface area contributed by atoms with Crippen LogP contribution in [-0.2, 0) is 38.1 Å². The summed E-state index contributed by atoms with van der Waals surface area (Å²) in [5.41, 5.74) is 0. The molecule has 0 aliphatic heterocycles. The molecule has 0 saturated heterocycles. The van der Waals surface area contributed by atoms with E-state index >= 15 is 0 Å². The van der Waals surface area contributed by atoms with Crippen LogP contribution in [0.15, 0.2) is 12.2 Å². The Kier molecular flexibility index (Phi) is 68.2. The standard InChI is InChI=1S/C81H154N4O10S2/c1-11-16-21-28-39-53-73(54-40-29-22-17-12-2)93-77(87)60-47-65-84(80(90)96-70-50-63-82(7)8)66-48-61-78(88)95-75(57-43-32-25-20-15-5)58-44-35-26-33-37-51-72(6)52-38-34-27-36-45-69-92-76(86)59-46-64-85(81(91)97-71-68-83(9)10)67-49-62-79(89)94-74(55-41-30-23-18-13-3)56-42-31-24-19-14-4/h36,45,72-75H,11-35,37-44,46-71H2,1-10H3/b45-36-. The average Bonchev–Trinajstić information content (AvgIpc) is 2.67. The van der Waals surface area contributed by atoms with Crippen molar-refractivity contribution in [3.63, 3.8) is 0 Å². The first-order chi connectivity index (χ1) is 47.1. The number of allylic oxidation sites excluding steroid dienone is 1. The molecule has 2 unspecified atom stereocenters. The van der Waals surface area contributed by atoms with Gasteiger partial charge in [0.25, 0.3) is 10.5 Å². The fraction of sp³-hybridized carbons (Fsp3) is 0.901. The Hall–Kier alpha value is -2.82. The number of unbranched alkanes of at least 4 members (excludes halogenated alkanes) is 26. The van der Waals surface area contributed by atoms with Gasteiger partial charge < -0.3 is 38.5 Å². The number of amides is 2. The van der Waals surface area contributed by atoms with Crippen LogP contribution < -0.4 is 0 Å². The number of hydrogen-bond donors (Lipinski definition) is 0. The second-order valence-electron chi connectivity index (χ2n) is 28.8. The Morgan fingerprint density at radius 3 is 0.959 bits per heavy atom. The molecule has 14 nitrogen and oxygen atoms in total. The van der Waals surface area contributed by atoms with Crippen LogP contribution in [0.5, 0.6) is 0 Å². The summed E-state index contributed by atoms with van der Waals surface area (Å²) >= 11 is 2.64. The van der Waals surface area contributed by atoms with Crippen LogP contribution in [0.4, 0.5) is 9.59 Å². The van der Waals surface area contributed by atoms with Gasteiger partial charge in [-0.05, 0) is 163 Å². The summed E-state index contributed by atoms with van der Waals surface area (Å²) in [6.07, 6.45) is 55.0. The number of rotatable bonds is 71. The number of hydrogen-bond acceptors (Lipinski definition) is 14. The van der Waals surface area contributed by atoms with Gasteiger partial charge >= 0.3 is 23.9 Å². The summed E-state index contributed by atoms with van der Waals surface area (Å²) in [4.78, 5) is 87.2. The van der Waals surface area contributed by atoms with Crippen molar-refractivity contribution >= 4 is 57.9 Å². The molecule has 0 radical (unpaired) electrons. The van der Waals surface area contributed by atoms with E-state index in [4.69, 9.17) is 18.9 Å². The van der Waals surface area contributed by atoms with E-state index in [2.05, 4.69) is 57.4 Å². The van der Waals surface area contributed by atoms with Crippen molar-refractivity contribution in [3.8, 4) is 0 Å². The summed E-state index contributed by atoms with van der Waals surface area (Å²) in [6.45, 7) is 17.3. The van der Waals surface area contributed by atoms with Gasteiger partial charge in [-0.25, -0.2) is 0 Å². The third-order valence-electron chi connectivity index (χ3n) is 18.6. The molecule has 0 aromatic rings. The van der Waals surface area contributed by atoms with Crippen molar-refractivity contribution in [2.24, 2.45) is 5.92 Å². The molecular formula is C81H154N4O10S2. The van der Waals surface area contributed by atoms with Gasteiger partial charge in [-0.15, -0.1) is 0 Å². The minimum Gasteiger partial charge on any atom is -0.462 e. The minimum atomic E-state index is -0.259.